The van der Waals surface area contributed by atoms with Crippen molar-refractivity contribution in [1.82, 2.24) is 5.01 Å². The van der Waals surface area contributed by atoms with Crippen LogP contribution < -0.4 is 4.74 Å². The Morgan fingerprint density at radius 3 is 2.73 bits per heavy atom. The topological polar surface area (TPSA) is 45.1 Å². The first-order valence-corrected chi connectivity index (χ1v) is 10.2. The summed E-state index contributed by atoms with van der Waals surface area (Å²) in [5, 5.41) is 16.6. The Balaban J connectivity index is 1.71. The van der Waals surface area contributed by atoms with Crippen molar-refractivity contribution in [3.63, 3.8) is 0 Å². The molecule has 0 fully saturated rings. The highest BCUT2D eigenvalue weighted by atomic mass is 32.2. The highest BCUT2D eigenvalue weighted by molar-refractivity contribution is 7.98. The van der Waals surface area contributed by atoms with Crippen LogP contribution in [0.3, 0.4) is 0 Å². The van der Waals surface area contributed by atoms with Crippen LogP contribution in [0.15, 0.2) is 52.5 Å². The summed E-state index contributed by atoms with van der Waals surface area (Å²) in [6.45, 7) is 0.665. The van der Waals surface area contributed by atoms with E-state index >= 15 is 0 Å². The maximum atomic E-state index is 9.54. The highest BCUT2D eigenvalue weighted by Gasteiger charge is 2.41. The van der Waals surface area contributed by atoms with Gasteiger partial charge >= 0.3 is 0 Å². The number of hydrazone groups is 1. The van der Waals surface area contributed by atoms with E-state index in [1.54, 1.807) is 18.9 Å². The van der Waals surface area contributed by atoms with Crippen LogP contribution in [0, 0.1) is 5.92 Å². The summed E-state index contributed by atoms with van der Waals surface area (Å²) in [6, 6.07) is 15.3. The normalized spacial score (nSPS) is 21.2. The number of methoxy groups -OCH3 is 1. The number of benzene rings is 2. The van der Waals surface area contributed by atoms with Crippen LogP contribution in [0.4, 0.5) is 0 Å². The van der Waals surface area contributed by atoms with Crippen LogP contribution in [0.25, 0.3) is 0 Å². The van der Waals surface area contributed by atoms with E-state index in [9.17, 15) is 5.11 Å². The summed E-state index contributed by atoms with van der Waals surface area (Å²) in [6.07, 6.45) is 4.19. The molecule has 2 aromatic rings. The molecule has 0 saturated heterocycles. The molecule has 4 rings (SSSR count). The number of rotatable bonds is 5. The molecule has 2 aromatic carbocycles. The van der Waals surface area contributed by atoms with E-state index < -0.39 is 0 Å². The zero-order chi connectivity index (χ0) is 18.1. The van der Waals surface area contributed by atoms with Gasteiger partial charge in [-0.3, -0.25) is 5.01 Å². The monoisotopic (exact) mass is 368 g/mol. The maximum Gasteiger partial charge on any atom is 0.119 e. The van der Waals surface area contributed by atoms with E-state index in [2.05, 4.69) is 47.7 Å². The fraction of sp³-hybridized carbons (Fsp3) is 0.381. The SMILES string of the molecule is COc1ccc2c(c1)CC[C@@H]1C2=NN(CCO)[C@@H]1c1ccc(SC)cc1. The molecule has 1 heterocycles. The third-order valence-electron chi connectivity index (χ3n) is 5.39. The van der Waals surface area contributed by atoms with Crippen molar-refractivity contribution in [3.05, 3.63) is 59.2 Å². The molecule has 4 nitrogen and oxygen atoms in total. The van der Waals surface area contributed by atoms with E-state index in [-0.39, 0.29) is 12.6 Å². The van der Waals surface area contributed by atoms with Crippen molar-refractivity contribution in [3.8, 4) is 5.75 Å². The smallest absolute Gasteiger partial charge is 0.119 e. The molecule has 136 valence electrons. The van der Waals surface area contributed by atoms with Gasteiger partial charge in [0.15, 0.2) is 0 Å². The number of fused-ring (bicyclic) bond motifs is 3. The molecular formula is C21H24N2O2S. The highest BCUT2D eigenvalue weighted by Crippen LogP contribution is 2.43. The van der Waals surface area contributed by atoms with Crippen molar-refractivity contribution in [2.24, 2.45) is 11.0 Å². The van der Waals surface area contributed by atoms with Gasteiger partial charge < -0.3 is 9.84 Å². The summed E-state index contributed by atoms with van der Waals surface area (Å²) in [5.41, 5.74) is 4.97. The fourth-order valence-electron chi connectivity index (χ4n) is 4.14. The third kappa shape index (κ3) is 2.99. The molecule has 1 aliphatic heterocycles. The van der Waals surface area contributed by atoms with Crippen LogP contribution in [0.2, 0.25) is 0 Å². The average molecular weight is 369 g/mol. The molecule has 0 unspecified atom stereocenters. The van der Waals surface area contributed by atoms with Crippen LogP contribution in [0.1, 0.15) is 29.2 Å². The van der Waals surface area contributed by atoms with Crippen LogP contribution in [-0.2, 0) is 6.42 Å². The molecular weight excluding hydrogens is 344 g/mol. The van der Waals surface area contributed by atoms with Gasteiger partial charge in [0, 0.05) is 16.4 Å². The first-order valence-electron chi connectivity index (χ1n) is 9.02. The number of hydrogen-bond acceptors (Lipinski definition) is 5. The number of hydrogen-bond donors (Lipinski definition) is 1. The Hall–Kier alpha value is -1.98. The number of aryl methyl sites for hydroxylation is 1. The van der Waals surface area contributed by atoms with Gasteiger partial charge in [0.25, 0.3) is 0 Å². The molecule has 0 amide bonds. The van der Waals surface area contributed by atoms with Gasteiger partial charge in [0.2, 0.25) is 0 Å². The molecule has 0 spiro atoms. The van der Waals surface area contributed by atoms with E-state index in [0.29, 0.717) is 12.5 Å². The van der Waals surface area contributed by atoms with E-state index in [1.807, 2.05) is 6.07 Å². The summed E-state index contributed by atoms with van der Waals surface area (Å²) < 4.78 is 5.38. The lowest BCUT2D eigenvalue weighted by atomic mass is 9.77. The van der Waals surface area contributed by atoms with Crippen molar-refractivity contribution in [2.45, 2.75) is 23.8 Å². The van der Waals surface area contributed by atoms with Crippen LogP contribution in [0.5, 0.6) is 5.75 Å². The number of thioether (sulfide) groups is 1. The van der Waals surface area contributed by atoms with E-state index in [4.69, 9.17) is 9.84 Å². The van der Waals surface area contributed by atoms with Gasteiger partial charge in [-0.1, -0.05) is 12.1 Å². The minimum atomic E-state index is 0.109. The Morgan fingerprint density at radius 1 is 1.23 bits per heavy atom. The molecule has 0 aromatic heterocycles. The van der Waals surface area contributed by atoms with E-state index in [0.717, 1.165) is 24.3 Å². The van der Waals surface area contributed by atoms with Gasteiger partial charge in [0.05, 0.1) is 32.0 Å². The lowest BCUT2D eigenvalue weighted by Crippen LogP contribution is -2.30. The first-order chi connectivity index (χ1) is 12.7. The van der Waals surface area contributed by atoms with Gasteiger partial charge in [0.1, 0.15) is 5.75 Å². The maximum absolute atomic E-state index is 9.54. The summed E-state index contributed by atoms with van der Waals surface area (Å²) >= 11 is 1.75. The Morgan fingerprint density at radius 2 is 2.04 bits per heavy atom. The minimum absolute atomic E-state index is 0.109. The zero-order valence-electron chi connectivity index (χ0n) is 15.2. The molecule has 0 saturated carbocycles. The Kier molecular flexibility index (Phi) is 4.92. The van der Waals surface area contributed by atoms with Crippen molar-refractivity contribution in [1.29, 1.82) is 0 Å². The molecule has 2 atom stereocenters. The second-order valence-electron chi connectivity index (χ2n) is 6.76. The third-order valence-corrected chi connectivity index (χ3v) is 6.13. The zero-order valence-corrected chi connectivity index (χ0v) is 16.0. The van der Waals surface area contributed by atoms with Crippen LogP contribution >= 0.6 is 11.8 Å². The molecule has 2 aliphatic rings. The second-order valence-corrected chi connectivity index (χ2v) is 7.64. The van der Waals surface area contributed by atoms with Crippen molar-refractivity contribution < 1.29 is 9.84 Å². The fourth-order valence-corrected chi connectivity index (χ4v) is 4.55. The predicted octanol–water partition coefficient (Wildman–Crippen LogP) is 3.73. The molecule has 0 radical (unpaired) electrons. The number of aliphatic hydroxyl groups excluding tert-OH is 1. The molecule has 5 heteroatoms. The Labute approximate surface area is 158 Å². The quantitative estimate of drug-likeness (QED) is 0.817. The molecule has 1 N–H and O–H groups in total. The molecule has 1 aliphatic carbocycles. The van der Waals surface area contributed by atoms with Crippen LogP contribution in [-0.4, -0.2) is 42.3 Å². The largest absolute Gasteiger partial charge is 0.497 e. The van der Waals surface area contributed by atoms with Gasteiger partial charge in [-0.2, -0.15) is 5.10 Å². The summed E-state index contributed by atoms with van der Waals surface area (Å²) in [5.74, 6) is 1.26. The number of nitrogens with zero attached hydrogens (tertiary/aromatic N) is 2. The van der Waals surface area contributed by atoms with Gasteiger partial charge in [-0.05, 0) is 60.6 Å². The van der Waals surface area contributed by atoms with E-state index in [1.165, 1.54) is 21.6 Å². The Bertz CT molecular complexity index is 819. The van der Waals surface area contributed by atoms with Gasteiger partial charge in [-0.25, -0.2) is 0 Å². The second kappa shape index (κ2) is 7.33. The molecule has 0 bridgehead atoms. The summed E-state index contributed by atoms with van der Waals surface area (Å²) in [4.78, 5) is 1.27. The molecule has 26 heavy (non-hydrogen) atoms. The minimum Gasteiger partial charge on any atom is -0.497 e. The predicted molar refractivity (Wildman–Crippen MR) is 106 cm³/mol. The standard InChI is InChI=1S/C21H24N2O2S/c1-25-16-6-10-18-15(13-16)5-9-19-20(18)22-23(11-12-24)21(19)14-3-7-17(26-2)8-4-14/h3-4,6-8,10,13,19,21,24H,5,9,11-12H2,1-2H3/t19-,21-/m1/s1. The first kappa shape index (κ1) is 17.4. The number of ether oxygens (including phenoxy) is 1. The van der Waals surface area contributed by atoms with Gasteiger partial charge in [-0.15, -0.1) is 11.8 Å². The number of β-amino-alcohol motifs (C(OH)–C–C–N with tert-alkyl or cyclic N) is 1. The lowest BCUT2D eigenvalue weighted by Gasteiger charge is -2.30. The lowest BCUT2D eigenvalue weighted by molar-refractivity contribution is 0.152. The van der Waals surface area contributed by atoms with Crippen molar-refractivity contribution in [2.75, 3.05) is 26.5 Å². The summed E-state index contributed by atoms with van der Waals surface area (Å²) in [7, 11) is 1.71. The average Bonchev–Trinajstić information content (AvgIpc) is 3.06. The number of aliphatic hydroxyl groups is 1. The van der Waals surface area contributed by atoms with Crippen molar-refractivity contribution >= 4 is 17.5 Å².